The minimum Gasteiger partial charge on any atom is -0.294 e. The van der Waals surface area contributed by atoms with Gasteiger partial charge in [-0.25, -0.2) is 4.98 Å². The molecule has 1 atom stereocenters. The van der Waals surface area contributed by atoms with Gasteiger partial charge in [0.25, 0.3) is 0 Å². The van der Waals surface area contributed by atoms with Crippen LogP contribution >= 0.6 is 11.6 Å². The molecule has 1 fully saturated rings. The highest BCUT2D eigenvalue weighted by atomic mass is 35.5. The second-order valence-corrected chi connectivity index (χ2v) is 6.75. The summed E-state index contributed by atoms with van der Waals surface area (Å²) in [4.78, 5) is 8.72. The van der Waals surface area contributed by atoms with Crippen LogP contribution in [0.5, 0.6) is 0 Å². The average Bonchev–Trinajstić information content (AvgIpc) is 3.07. The summed E-state index contributed by atoms with van der Waals surface area (Å²) in [6.07, 6.45) is 3.80. The van der Waals surface area contributed by atoms with Crippen molar-refractivity contribution in [2.24, 2.45) is 0 Å². The van der Waals surface area contributed by atoms with Gasteiger partial charge >= 0.3 is 6.55 Å². The molecule has 7 heteroatoms. The number of alkyl halides is 2. The maximum atomic E-state index is 12.9. The first-order valence-electron chi connectivity index (χ1n) is 8.60. The number of aromatic nitrogens is 2. The van der Waals surface area contributed by atoms with Crippen molar-refractivity contribution in [3.05, 3.63) is 53.1 Å². The lowest BCUT2D eigenvalue weighted by atomic mass is 10.0. The smallest absolute Gasteiger partial charge is 0.294 e. The largest absolute Gasteiger partial charge is 0.319 e. The summed E-state index contributed by atoms with van der Waals surface area (Å²) in [5.74, 6) is 0.424. The molecule has 2 aromatic rings. The molecule has 0 radical (unpaired) electrons. The number of benzene rings is 1. The fraction of sp³-hybridized carbons (Fsp3) is 0.500. The SMILES string of the molecule is CC[C@@H](c1ccc(Cl)cc1)N1CCN(Cc2nccn2C(F)F)CC1. The van der Waals surface area contributed by atoms with E-state index in [1.807, 2.05) is 12.1 Å². The fourth-order valence-corrected chi connectivity index (χ4v) is 3.59. The first-order chi connectivity index (χ1) is 12.1. The number of halogens is 3. The van der Waals surface area contributed by atoms with Crippen LogP contribution in [0.1, 0.15) is 37.3 Å². The van der Waals surface area contributed by atoms with Gasteiger partial charge in [-0.1, -0.05) is 30.7 Å². The summed E-state index contributed by atoms with van der Waals surface area (Å²) in [6.45, 7) is 3.63. The summed E-state index contributed by atoms with van der Waals surface area (Å²) in [5.41, 5.74) is 1.27. The summed E-state index contributed by atoms with van der Waals surface area (Å²) in [5, 5.41) is 0.748. The molecule has 1 aromatic heterocycles. The van der Waals surface area contributed by atoms with E-state index in [2.05, 4.69) is 33.8 Å². The molecule has 1 saturated heterocycles. The van der Waals surface area contributed by atoms with Crippen LogP contribution in [-0.2, 0) is 6.54 Å². The molecule has 0 aliphatic carbocycles. The van der Waals surface area contributed by atoms with Crippen LogP contribution in [0.3, 0.4) is 0 Å². The van der Waals surface area contributed by atoms with E-state index < -0.39 is 6.55 Å². The van der Waals surface area contributed by atoms with Crippen LogP contribution in [-0.4, -0.2) is 45.5 Å². The Balaban J connectivity index is 1.59. The third-order valence-electron chi connectivity index (χ3n) is 4.81. The Hall–Kier alpha value is -1.50. The normalized spacial score (nSPS) is 18.0. The molecule has 0 unspecified atom stereocenters. The Labute approximate surface area is 152 Å². The van der Waals surface area contributed by atoms with Crippen molar-refractivity contribution < 1.29 is 8.78 Å². The number of hydrogen-bond acceptors (Lipinski definition) is 3. The van der Waals surface area contributed by atoms with Gasteiger partial charge in [0.15, 0.2) is 0 Å². The monoisotopic (exact) mass is 368 g/mol. The molecule has 136 valence electrons. The molecular formula is C18H23ClF2N4. The number of rotatable bonds is 6. The van der Waals surface area contributed by atoms with Crippen LogP contribution in [0.15, 0.2) is 36.7 Å². The van der Waals surface area contributed by atoms with Gasteiger partial charge in [0, 0.05) is 49.6 Å². The molecule has 0 spiro atoms. The number of nitrogens with zero attached hydrogens (tertiary/aromatic N) is 4. The zero-order valence-electron chi connectivity index (χ0n) is 14.3. The zero-order chi connectivity index (χ0) is 17.8. The highest BCUT2D eigenvalue weighted by Crippen LogP contribution is 2.27. The summed E-state index contributed by atoms with van der Waals surface area (Å²) >= 11 is 5.99. The van der Waals surface area contributed by atoms with E-state index in [0.717, 1.165) is 42.2 Å². The van der Waals surface area contributed by atoms with Crippen LogP contribution in [0.2, 0.25) is 5.02 Å². The number of piperazine rings is 1. The molecule has 1 aliphatic heterocycles. The Bertz CT molecular complexity index is 666. The van der Waals surface area contributed by atoms with Gasteiger partial charge < -0.3 is 0 Å². The predicted molar refractivity (Wildman–Crippen MR) is 94.8 cm³/mol. The van der Waals surface area contributed by atoms with Crippen molar-refractivity contribution in [1.29, 1.82) is 0 Å². The minimum atomic E-state index is -2.53. The molecule has 25 heavy (non-hydrogen) atoms. The van der Waals surface area contributed by atoms with Gasteiger partial charge in [0.2, 0.25) is 0 Å². The molecule has 0 bridgehead atoms. The minimum absolute atomic E-state index is 0.363. The maximum absolute atomic E-state index is 12.9. The van der Waals surface area contributed by atoms with E-state index in [9.17, 15) is 8.78 Å². The van der Waals surface area contributed by atoms with Crippen LogP contribution in [0.4, 0.5) is 8.78 Å². The maximum Gasteiger partial charge on any atom is 0.319 e. The molecule has 2 heterocycles. The Morgan fingerprint density at radius 2 is 1.80 bits per heavy atom. The van der Waals surface area contributed by atoms with Gasteiger partial charge in [-0.2, -0.15) is 8.78 Å². The number of hydrogen-bond donors (Lipinski definition) is 0. The van der Waals surface area contributed by atoms with Gasteiger partial charge in [-0.3, -0.25) is 14.4 Å². The molecule has 0 saturated carbocycles. The predicted octanol–water partition coefficient (Wildman–Crippen LogP) is 4.20. The molecule has 4 nitrogen and oxygen atoms in total. The molecule has 0 amide bonds. The van der Waals surface area contributed by atoms with Crippen LogP contribution < -0.4 is 0 Å². The summed E-state index contributed by atoms with van der Waals surface area (Å²) < 4.78 is 26.8. The fourth-order valence-electron chi connectivity index (χ4n) is 3.47. The van der Waals surface area contributed by atoms with Crippen molar-refractivity contribution in [2.45, 2.75) is 32.5 Å². The van der Waals surface area contributed by atoms with E-state index in [4.69, 9.17) is 11.6 Å². The quantitative estimate of drug-likeness (QED) is 0.763. The lowest BCUT2D eigenvalue weighted by Gasteiger charge is -2.39. The average molecular weight is 369 g/mol. The highest BCUT2D eigenvalue weighted by molar-refractivity contribution is 6.30. The first-order valence-corrected chi connectivity index (χ1v) is 8.98. The van der Waals surface area contributed by atoms with Crippen molar-refractivity contribution >= 4 is 11.6 Å². The summed E-state index contributed by atoms with van der Waals surface area (Å²) in [7, 11) is 0. The Kier molecular flexibility index (Phi) is 6.04. The lowest BCUT2D eigenvalue weighted by molar-refractivity contribution is 0.0569. The van der Waals surface area contributed by atoms with Crippen molar-refractivity contribution in [2.75, 3.05) is 26.2 Å². The van der Waals surface area contributed by atoms with Gasteiger partial charge in [-0.05, 0) is 24.1 Å². The first kappa shape index (κ1) is 18.3. The van der Waals surface area contributed by atoms with E-state index in [0.29, 0.717) is 18.4 Å². The topological polar surface area (TPSA) is 24.3 Å². The molecule has 1 aromatic carbocycles. The second-order valence-electron chi connectivity index (χ2n) is 6.32. The van der Waals surface area contributed by atoms with Crippen molar-refractivity contribution in [3.63, 3.8) is 0 Å². The van der Waals surface area contributed by atoms with E-state index in [1.54, 1.807) is 0 Å². The van der Waals surface area contributed by atoms with Crippen molar-refractivity contribution in [3.8, 4) is 0 Å². The third-order valence-corrected chi connectivity index (χ3v) is 5.07. The van der Waals surface area contributed by atoms with Gasteiger partial charge in [-0.15, -0.1) is 0 Å². The standard InChI is InChI=1S/C18H23ClF2N4/c1-2-16(14-3-5-15(19)6-4-14)24-11-9-23(10-12-24)13-17-22-7-8-25(17)18(20)21/h3-8,16,18H,2,9-13H2,1H3/t16-/m0/s1. The van der Waals surface area contributed by atoms with Gasteiger partial charge in [0.05, 0.1) is 6.54 Å². The Morgan fingerprint density at radius 3 is 2.40 bits per heavy atom. The summed E-state index contributed by atoms with van der Waals surface area (Å²) in [6, 6.07) is 8.40. The highest BCUT2D eigenvalue weighted by Gasteiger charge is 2.25. The third kappa shape index (κ3) is 4.37. The molecule has 1 aliphatic rings. The van der Waals surface area contributed by atoms with Gasteiger partial charge in [0.1, 0.15) is 5.82 Å². The van der Waals surface area contributed by atoms with E-state index in [1.165, 1.54) is 18.0 Å². The molecule has 3 rings (SSSR count). The van der Waals surface area contributed by atoms with Crippen molar-refractivity contribution in [1.82, 2.24) is 19.4 Å². The van der Waals surface area contributed by atoms with Crippen LogP contribution in [0, 0.1) is 0 Å². The second kappa shape index (κ2) is 8.25. The van der Waals surface area contributed by atoms with E-state index >= 15 is 0 Å². The zero-order valence-corrected chi connectivity index (χ0v) is 15.0. The Morgan fingerprint density at radius 1 is 1.12 bits per heavy atom. The lowest BCUT2D eigenvalue weighted by Crippen LogP contribution is -2.47. The molecular weight excluding hydrogens is 346 g/mol. The van der Waals surface area contributed by atoms with E-state index in [-0.39, 0.29) is 0 Å². The number of imidazole rings is 1. The molecule has 0 N–H and O–H groups in total. The van der Waals surface area contributed by atoms with Crippen LogP contribution in [0.25, 0.3) is 0 Å².